The van der Waals surface area contributed by atoms with Gasteiger partial charge in [-0.1, -0.05) is 199 Å². The van der Waals surface area contributed by atoms with Crippen LogP contribution in [0.1, 0.15) is 32.7 Å². The first-order valence-corrected chi connectivity index (χ1v) is 34.7. The highest BCUT2D eigenvalue weighted by atomic mass is 32.1. The van der Waals surface area contributed by atoms with Gasteiger partial charge in [0.2, 0.25) is 10.3 Å². The molecule has 22 heteroatoms. The highest BCUT2D eigenvalue weighted by Crippen LogP contribution is 2.45. The molecule has 0 saturated heterocycles. The van der Waals surface area contributed by atoms with Crippen LogP contribution in [0, 0.1) is 5.92 Å². The minimum Gasteiger partial charge on any atom is -0.481 e. The van der Waals surface area contributed by atoms with Gasteiger partial charge in [0.25, 0.3) is 0 Å². The Morgan fingerprint density at radius 2 is 0.867 bits per heavy atom. The van der Waals surface area contributed by atoms with Crippen LogP contribution in [-0.2, 0) is 51.3 Å². The first-order chi connectivity index (χ1) is 47.9. The molecule has 4 N–H and O–H groups in total. The van der Waals surface area contributed by atoms with Gasteiger partial charge >= 0.3 is 23.9 Å². The van der Waals surface area contributed by atoms with Crippen LogP contribution >= 0.6 is 45.3 Å². The number of aryl methyl sites for hydroxylation is 2. The van der Waals surface area contributed by atoms with Crippen LogP contribution in [-0.4, -0.2) is 88.8 Å². The van der Waals surface area contributed by atoms with Crippen molar-refractivity contribution >= 4 is 130 Å². The number of thiazole rings is 4. The molecule has 18 nitrogen and oxygen atoms in total. The number of carboxylic acid groups (broad SMARTS) is 4. The predicted molar refractivity (Wildman–Crippen MR) is 390 cm³/mol. The Bertz CT molecular complexity index is 5070. The monoisotopic (exact) mass is 1370 g/mol. The zero-order valence-corrected chi connectivity index (χ0v) is 55.3. The fourth-order valence-electron chi connectivity index (χ4n) is 12.0. The lowest BCUT2D eigenvalue weighted by Crippen LogP contribution is -2.36. The van der Waals surface area contributed by atoms with E-state index in [4.69, 9.17) is 15.0 Å². The Morgan fingerprint density at radius 3 is 1.41 bits per heavy atom. The number of nitrogens with zero attached hydrogens (tertiary/aromatic N) is 10. The lowest BCUT2D eigenvalue weighted by molar-refractivity contribution is -0.141. The molecule has 8 aromatic carbocycles. The molecule has 8 heterocycles. The lowest BCUT2D eigenvalue weighted by Gasteiger charge is -2.32. The fraction of sp³-hybridized carbons (Fsp3) is 0.105. The number of rotatable bonds is 11. The molecule has 4 aliphatic heterocycles. The number of carbonyl (C=O) groups is 4. The highest BCUT2D eigenvalue weighted by Gasteiger charge is 2.33. The molecule has 0 fully saturated rings. The van der Waals surface area contributed by atoms with Gasteiger partial charge in [0.05, 0.1) is 57.9 Å². The van der Waals surface area contributed by atoms with Crippen LogP contribution in [0.15, 0.2) is 244 Å². The summed E-state index contributed by atoms with van der Waals surface area (Å²) in [5.74, 6) is -4.06. The second kappa shape index (κ2) is 28.4. The number of hydrogen-bond donors (Lipinski definition) is 4. The molecule has 17 rings (SSSR count). The predicted octanol–water partition coefficient (Wildman–Crippen LogP) is 16.6. The second-order valence-electron chi connectivity index (χ2n) is 23.1. The van der Waals surface area contributed by atoms with Crippen LogP contribution in [0.4, 0.5) is 43.3 Å². The summed E-state index contributed by atoms with van der Waals surface area (Å²) >= 11 is 6.11. The van der Waals surface area contributed by atoms with E-state index < -0.39 is 29.8 Å². The second-order valence-corrected chi connectivity index (χ2v) is 26.7. The Kier molecular flexibility index (Phi) is 18.5. The molecule has 0 amide bonds. The molecule has 1 unspecified atom stereocenters. The summed E-state index contributed by atoms with van der Waals surface area (Å²) in [6, 6.07) is 69.4. The molecule has 12 aromatic rings. The smallest absolute Gasteiger partial charge is 0.352 e. The summed E-state index contributed by atoms with van der Waals surface area (Å²) in [6.45, 7) is 0.766. The van der Waals surface area contributed by atoms with Crippen LogP contribution in [0.2, 0.25) is 0 Å². The van der Waals surface area contributed by atoms with Gasteiger partial charge in [-0.15, -0.1) is 34.0 Å². The van der Waals surface area contributed by atoms with E-state index in [0.29, 0.717) is 43.1 Å². The van der Waals surface area contributed by atoms with E-state index in [1.165, 1.54) is 38.7 Å². The minimum absolute atomic E-state index is 0.116. The van der Waals surface area contributed by atoms with Crippen LogP contribution in [0.5, 0.6) is 0 Å². The van der Waals surface area contributed by atoms with Crippen LogP contribution in [0.3, 0.4) is 0 Å². The van der Waals surface area contributed by atoms with Crippen molar-refractivity contribution < 1.29 is 39.6 Å². The average molecular weight is 1370 g/mol. The van der Waals surface area contributed by atoms with Gasteiger partial charge in [0.15, 0.2) is 21.7 Å². The third kappa shape index (κ3) is 13.7. The topological polar surface area (TPSA) is 238 Å². The van der Waals surface area contributed by atoms with E-state index in [1.807, 2.05) is 220 Å². The summed E-state index contributed by atoms with van der Waals surface area (Å²) in [5.41, 5.74) is 17.6. The van der Waals surface area contributed by atoms with Crippen molar-refractivity contribution in [3.05, 3.63) is 267 Å². The third-order valence-electron chi connectivity index (χ3n) is 16.8. The summed E-state index contributed by atoms with van der Waals surface area (Å²) in [6.07, 6.45) is 4.91. The molecule has 484 valence electrons. The maximum Gasteiger partial charge on any atom is 0.352 e. The molecule has 0 spiro atoms. The minimum atomic E-state index is -1.01. The van der Waals surface area contributed by atoms with Gasteiger partial charge in [0.1, 0.15) is 0 Å². The maximum absolute atomic E-state index is 11.5. The zero-order valence-electron chi connectivity index (χ0n) is 52.1. The standard InChI is InChI=1S/C20H15N3O2S.C19H16N2O2S.C19H14N2O2S.C18H13N3O2S/c24-19(25)15-11-13-6-2-4-8-16(13)23(22-15)20-21-18-14-7-3-1-5-12(14)9-10-17(18)26-20;2*22-18(23)15-10-14-8-4-5-9-17(14)21(11-15)19-20-16(12-24-19)13-6-2-1-3-7-13;22-17(23)14-10-13-8-4-5-9-16(13)21(20-14)18-19-15(11-24-18)12-6-2-1-3-7-12/h1-8H,9-11H2,(H,24,25);1-9,12,15H,10-11H2,(H,22,23);1-10,12H,11H2,(H,22,23);1-9,11H,10H2,(H,22,23). The third-order valence-corrected chi connectivity index (χ3v) is 20.5. The Hall–Kier alpha value is -11.6. The largest absolute Gasteiger partial charge is 0.481 e. The fourth-order valence-corrected chi connectivity index (χ4v) is 15.6. The summed E-state index contributed by atoms with van der Waals surface area (Å²) in [7, 11) is 0. The van der Waals surface area contributed by atoms with E-state index in [2.05, 4.69) is 33.4 Å². The van der Waals surface area contributed by atoms with E-state index >= 15 is 0 Å². The molecule has 0 saturated carbocycles. The number of para-hydroxylation sites is 4. The van der Waals surface area contributed by atoms with Crippen molar-refractivity contribution in [3.8, 4) is 45.0 Å². The van der Waals surface area contributed by atoms with Crippen molar-refractivity contribution in [1.29, 1.82) is 0 Å². The Labute approximate surface area is 578 Å². The molecular weight excluding hydrogens is 1310 g/mol. The summed E-state index contributed by atoms with van der Waals surface area (Å²) in [4.78, 5) is 70.1. The highest BCUT2D eigenvalue weighted by molar-refractivity contribution is 7.16. The van der Waals surface area contributed by atoms with Crippen molar-refractivity contribution in [1.82, 2.24) is 19.9 Å². The number of carboxylic acids is 4. The number of aromatic nitrogens is 4. The van der Waals surface area contributed by atoms with E-state index in [0.717, 1.165) is 113 Å². The van der Waals surface area contributed by atoms with Crippen molar-refractivity contribution in [2.45, 2.75) is 32.1 Å². The van der Waals surface area contributed by atoms with Crippen LogP contribution < -0.4 is 19.8 Å². The Balaban J connectivity index is 0.000000112. The normalized spacial score (nSPS) is 14.6. The van der Waals surface area contributed by atoms with Gasteiger partial charge in [-0.25, -0.2) is 44.3 Å². The van der Waals surface area contributed by atoms with E-state index in [-0.39, 0.29) is 11.4 Å². The van der Waals surface area contributed by atoms with Crippen molar-refractivity contribution in [2.75, 3.05) is 32.9 Å². The Morgan fingerprint density at radius 1 is 0.418 bits per heavy atom. The number of aliphatic carboxylic acids is 4. The number of fused-ring (bicyclic) bond motifs is 7. The quantitative estimate of drug-likeness (QED) is 0.0941. The molecule has 5 aliphatic rings. The van der Waals surface area contributed by atoms with Gasteiger partial charge in [-0.2, -0.15) is 10.2 Å². The van der Waals surface area contributed by atoms with Gasteiger partial charge in [-0.05, 0) is 77.4 Å². The van der Waals surface area contributed by atoms with Gasteiger partial charge in [0, 0.05) is 68.3 Å². The first kappa shape index (κ1) is 63.8. The zero-order chi connectivity index (χ0) is 67.2. The molecule has 1 atom stereocenters. The first-order valence-electron chi connectivity index (χ1n) is 31.2. The van der Waals surface area contributed by atoms with E-state index in [1.54, 1.807) is 38.8 Å². The van der Waals surface area contributed by atoms with Crippen LogP contribution in [0.25, 0.3) is 51.1 Å². The molecule has 0 radical (unpaired) electrons. The molecule has 0 bridgehead atoms. The average Bonchev–Trinajstić information content (AvgIpc) is 1.49. The van der Waals surface area contributed by atoms with Crippen molar-refractivity contribution in [3.63, 3.8) is 0 Å². The SMILES string of the molecule is O=C(O)C1=Cc2ccccc2N(c2nc(-c3ccccc3)cs2)C1.O=C(O)C1=NN(c2nc(-c3ccccc3)cs2)c2ccccc2C1.O=C(O)C1=NN(c2nc3c(s2)CCc2ccccc2-3)c2ccccc2C1.O=C(O)C1Cc2ccccc2N(c2nc(-c3ccccc3)cs2)C1. The van der Waals surface area contributed by atoms with Crippen molar-refractivity contribution in [2.24, 2.45) is 16.1 Å². The maximum atomic E-state index is 11.5. The molecular formula is C76H58N10O8S4. The number of hydrazone groups is 2. The summed E-state index contributed by atoms with van der Waals surface area (Å²) in [5, 5.41) is 58.7. The number of benzene rings is 8. The lowest BCUT2D eigenvalue weighted by atomic mass is 9.93. The number of hydrogen-bond acceptors (Lipinski definition) is 18. The van der Waals surface area contributed by atoms with E-state index in [9.17, 15) is 39.6 Å². The molecule has 1 aliphatic carbocycles. The van der Waals surface area contributed by atoms with Gasteiger partial charge in [-0.3, -0.25) is 4.79 Å². The summed E-state index contributed by atoms with van der Waals surface area (Å²) < 4.78 is 0. The molecule has 4 aromatic heterocycles. The van der Waals surface area contributed by atoms with Gasteiger partial charge < -0.3 is 30.2 Å². The molecule has 98 heavy (non-hydrogen) atoms. The number of anilines is 8.